The zero-order valence-corrected chi connectivity index (χ0v) is 26.2. The Hall–Kier alpha value is -3.70. The summed E-state index contributed by atoms with van der Waals surface area (Å²) in [5.74, 6) is 1.14. The van der Waals surface area contributed by atoms with Gasteiger partial charge in [0.15, 0.2) is 11.5 Å². The van der Waals surface area contributed by atoms with Gasteiger partial charge in [0.1, 0.15) is 0 Å². The third-order valence-electron chi connectivity index (χ3n) is 6.05. The minimum absolute atomic E-state index is 0.170. The van der Waals surface area contributed by atoms with Crippen LogP contribution in [0.4, 0.5) is 0 Å². The first-order valence-electron chi connectivity index (χ1n) is 13.3. The molecule has 0 atom stereocenters. The van der Waals surface area contributed by atoms with Crippen LogP contribution < -0.4 is 38.5 Å². The average molecular weight is 637 g/mol. The molecule has 2 aliphatic carbocycles. The van der Waals surface area contributed by atoms with Gasteiger partial charge in [-0.1, -0.05) is 26.0 Å². The van der Waals surface area contributed by atoms with Gasteiger partial charge < -0.3 is 19.7 Å². The molecule has 0 amide bonds. The minimum Gasteiger partial charge on any atom is -0.515 e. The van der Waals surface area contributed by atoms with Crippen LogP contribution in [-0.4, -0.2) is 23.4 Å². The lowest BCUT2D eigenvalue weighted by molar-refractivity contribution is 0.325. The van der Waals surface area contributed by atoms with E-state index in [9.17, 15) is 19.8 Å². The molecule has 0 aliphatic heterocycles. The summed E-state index contributed by atoms with van der Waals surface area (Å²) in [5, 5.41) is 19.9. The van der Waals surface area contributed by atoms with E-state index >= 15 is 0 Å². The molecule has 0 saturated carbocycles. The molecule has 10 heteroatoms. The Morgan fingerprint density at radius 3 is 1.17 bits per heavy atom. The molecule has 0 saturated heterocycles. The maximum atomic E-state index is 13.8. The molecule has 5 rings (SSSR count). The molecular weight excluding hydrogens is 609 g/mol. The van der Waals surface area contributed by atoms with E-state index in [4.69, 9.17) is 9.47 Å². The first kappa shape index (κ1) is 29.8. The minimum atomic E-state index is -0.170. The van der Waals surface area contributed by atoms with Crippen molar-refractivity contribution in [3.63, 3.8) is 0 Å². The van der Waals surface area contributed by atoms with Crippen LogP contribution in [0.3, 0.4) is 0 Å². The highest BCUT2D eigenvalue weighted by Gasteiger charge is 2.10. The quantitative estimate of drug-likeness (QED) is 0.353. The van der Waals surface area contributed by atoms with E-state index in [1.807, 2.05) is 50.2 Å². The molecule has 8 bridgehead atoms. The normalized spacial score (nSPS) is 12.5. The van der Waals surface area contributed by atoms with E-state index in [2.05, 4.69) is 0 Å². The molecule has 6 nitrogen and oxygen atoms in total. The van der Waals surface area contributed by atoms with Gasteiger partial charge in [-0.2, -0.15) is 0 Å². The number of rotatable bonds is 6. The molecular formula is C32H28O6S4. The Labute approximate surface area is 257 Å². The smallest absolute Gasteiger partial charge is 0.212 e. The Bertz CT molecular complexity index is 1860. The van der Waals surface area contributed by atoms with E-state index < -0.39 is 0 Å². The molecule has 0 spiro atoms. The van der Waals surface area contributed by atoms with Crippen molar-refractivity contribution in [2.24, 2.45) is 0 Å². The van der Waals surface area contributed by atoms with Gasteiger partial charge in [0.25, 0.3) is 0 Å². The molecule has 0 unspecified atom stereocenters. The number of aliphatic hydroxyl groups excluding tert-OH is 2. The van der Waals surface area contributed by atoms with Gasteiger partial charge in [0.2, 0.25) is 10.9 Å². The number of ether oxygens (including phenoxy) is 2. The highest BCUT2D eigenvalue weighted by molar-refractivity contribution is 7.19. The summed E-state index contributed by atoms with van der Waals surface area (Å²) in [4.78, 5) is 27.6. The van der Waals surface area contributed by atoms with Crippen molar-refractivity contribution in [1.29, 1.82) is 0 Å². The summed E-state index contributed by atoms with van der Waals surface area (Å²) < 4.78 is 17.0. The van der Waals surface area contributed by atoms with E-state index in [0.717, 1.165) is 25.4 Å². The molecule has 0 radical (unpaired) electrons. The predicted octanol–water partition coefficient (Wildman–Crippen LogP) is 5.38. The maximum absolute atomic E-state index is 13.8. The molecule has 216 valence electrons. The Kier molecular flexibility index (Phi) is 9.58. The number of aliphatic hydroxyl groups is 2. The number of para-hydroxylation sites is 2. The van der Waals surface area contributed by atoms with Gasteiger partial charge >= 0.3 is 0 Å². The zero-order chi connectivity index (χ0) is 29.6. The molecule has 3 aromatic rings. The van der Waals surface area contributed by atoms with E-state index in [1.54, 1.807) is 24.3 Å². The summed E-state index contributed by atoms with van der Waals surface area (Å²) in [6, 6.07) is 11.2. The molecule has 2 N–H and O–H groups in total. The predicted molar refractivity (Wildman–Crippen MR) is 179 cm³/mol. The van der Waals surface area contributed by atoms with Crippen molar-refractivity contribution in [2.75, 3.05) is 13.2 Å². The third kappa shape index (κ3) is 6.37. The van der Waals surface area contributed by atoms with Gasteiger partial charge in [-0.15, -0.1) is 45.3 Å². The summed E-state index contributed by atoms with van der Waals surface area (Å²) in [5.41, 5.74) is 0.666. The summed E-state index contributed by atoms with van der Waals surface area (Å²) >= 11 is 5.04. The SMILES string of the molecule is CCCOc1c2cccc1sc1c(=O)c(sc3cccc(sc4c(=O)c(s2)=CC(=CO)C=4)c3OCCC)=CC(=CO)C=1. The number of allylic oxidation sites excluding steroid dienone is 2. The van der Waals surface area contributed by atoms with Crippen LogP contribution in [0.15, 0.2) is 69.7 Å². The summed E-state index contributed by atoms with van der Waals surface area (Å²) in [7, 11) is 0. The van der Waals surface area contributed by atoms with Crippen molar-refractivity contribution in [2.45, 2.75) is 26.7 Å². The van der Waals surface area contributed by atoms with Crippen LogP contribution in [0.5, 0.6) is 11.5 Å². The first-order chi connectivity index (χ1) is 20.4. The maximum Gasteiger partial charge on any atom is 0.212 e. The lowest BCUT2D eigenvalue weighted by Gasteiger charge is -2.08. The Morgan fingerprint density at radius 1 is 0.595 bits per heavy atom. The van der Waals surface area contributed by atoms with Gasteiger partial charge in [-0.3, -0.25) is 9.59 Å². The monoisotopic (exact) mass is 636 g/mol. The van der Waals surface area contributed by atoms with Gasteiger partial charge in [-0.05, 0) is 61.4 Å². The second-order valence-electron chi connectivity index (χ2n) is 9.22. The highest BCUT2D eigenvalue weighted by Crippen LogP contribution is 2.30. The van der Waals surface area contributed by atoms with E-state index in [-0.39, 0.29) is 10.9 Å². The zero-order valence-electron chi connectivity index (χ0n) is 22.9. The van der Waals surface area contributed by atoms with Crippen LogP contribution in [0.1, 0.15) is 26.7 Å². The number of fused-ring (bicyclic) bond motifs is 8. The lowest BCUT2D eigenvalue weighted by atomic mass is 10.2. The molecule has 2 aliphatic rings. The van der Waals surface area contributed by atoms with Crippen molar-refractivity contribution < 1.29 is 19.7 Å². The largest absolute Gasteiger partial charge is 0.515 e. The van der Waals surface area contributed by atoms with Crippen molar-refractivity contribution in [3.8, 4) is 11.5 Å². The van der Waals surface area contributed by atoms with Gasteiger partial charge in [-0.25, -0.2) is 0 Å². The van der Waals surface area contributed by atoms with Crippen molar-refractivity contribution in [1.82, 2.24) is 0 Å². The molecule has 2 aromatic carbocycles. The number of benzene rings is 2. The lowest BCUT2D eigenvalue weighted by Crippen LogP contribution is -2.36. The molecule has 1 heterocycles. The number of hydrogen-bond acceptors (Lipinski definition) is 10. The second kappa shape index (κ2) is 13.5. The van der Waals surface area contributed by atoms with Crippen LogP contribution in [0.2, 0.25) is 0 Å². The van der Waals surface area contributed by atoms with Crippen molar-refractivity contribution in [3.05, 3.63) is 98.6 Å². The fourth-order valence-electron chi connectivity index (χ4n) is 4.13. The fraction of sp³-hybridized carbons (Fsp3) is 0.188. The van der Waals surface area contributed by atoms with Crippen LogP contribution in [0.25, 0.3) is 43.1 Å². The molecule has 0 fully saturated rings. The van der Waals surface area contributed by atoms with E-state index in [1.165, 1.54) is 45.3 Å². The Balaban J connectivity index is 2.10. The van der Waals surface area contributed by atoms with Gasteiger partial charge in [0.05, 0.1) is 62.7 Å². The average Bonchev–Trinajstić information content (AvgIpc) is 2.99. The first-order valence-corrected chi connectivity index (χ1v) is 16.6. The summed E-state index contributed by atoms with van der Waals surface area (Å²) in [6.07, 6.45) is 10.2. The molecule has 1 aromatic heterocycles. The Morgan fingerprint density at radius 2 is 0.905 bits per heavy atom. The fourth-order valence-corrected chi connectivity index (χ4v) is 8.56. The van der Waals surface area contributed by atoms with Gasteiger partial charge in [0, 0.05) is 11.1 Å². The van der Waals surface area contributed by atoms with Crippen LogP contribution in [-0.2, 0) is 0 Å². The topological polar surface area (TPSA) is 93.1 Å². The second-order valence-corrected chi connectivity index (χ2v) is 13.6. The van der Waals surface area contributed by atoms with Crippen LogP contribution >= 0.6 is 45.3 Å². The van der Waals surface area contributed by atoms with Crippen LogP contribution in [0, 0.1) is 0 Å². The standard InChI is InChI=1S/C32H28O6S4/c1-3-11-37-31-21-7-5-8-22(31)40-26-14-20(18-34)16-28(30(26)36)42-24-10-6-9-23(32(24)38-12-4-2)41-27-15-19(17-33)13-25(39-21)29(27)35/h5-10,13-18,33-34H,3-4,11-12H2,1-2H3. The van der Waals surface area contributed by atoms with E-state index in [0.29, 0.717) is 72.8 Å². The third-order valence-corrected chi connectivity index (χ3v) is 10.3. The summed E-state index contributed by atoms with van der Waals surface area (Å²) in [6.45, 7) is 4.92. The molecule has 42 heavy (non-hydrogen) atoms. The van der Waals surface area contributed by atoms with Crippen molar-refractivity contribution >= 4 is 88.5 Å². The highest BCUT2D eigenvalue weighted by atomic mass is 32.1. The number of hydrogen-bond donors (Lipinski definition) is 2.